The quantitative estimate of drug-likeness (QED) is 0.240. The van der Waals surface area contributed by atoms with Crippen LogP contribution in [0.25, 0.3) is 11.4 Å². The van der Waals surface area contributed by atoms with Gasteiger partial charge in [-0.05, 0) is 63.9 Å². The summed E-state index contributed by atoms with van der Waals surface area (Å²) >= 11 is 0. The molecule has 3 heterocycles. The number of fused-ring (bicyclic) bond motifs is 2. The molecule has 0 spiro atoms. The number of pyridine rings is 1. The van der Waals surface area contributed by atoms with E-state index >= 15 is 0 Å². The Labute approximate surface area is 250 Å². The Hall–Kier alpha value is -4.18. The maximum absolute atomic E-state index is 5.01. The van der Waals surface area contributed by atoms with Crippen LogP contribution in [0.5, 0.6) is 0 Å². The second kappa shape index (κ2) is 9.69. The maximum Gasteiger partial charge on any atom is 0.137 e. The average Bonchev–Trinajstić information content (AvgIpc) is 3.48. The predicted octanol–water partition coefficient (Wildman–Crippen LogP) is 9.96. The Balaban J connectivity index is 1.64. The van der Waals surface area contributed by atoms with Crippen LogP contribution in [0.2, 0.25) is 0 Å². The van der Waals surface area contributed by atoms with Crippen LogP contribution >= 0.6 is 0 Å². The van der Waals surface area contributed by atoms with Crippen LogP contribution in [-0.4, -0.2) is 15.0 Å². The van der Waals surface area contributed by atoms with E-state index < -0.39 is 0 Å². The Bertz CT molecular complexity index is 1700. The highest BCUT2D eigenvalue weighted by atomic mass is 15.2. The fraction of sp³-hybridized carbons (Fsp3) is 0.316. The number of aromatic amines is 1. The molecule has 0 saturated heterocycles. The molecule has 0 atom stereocenters. The van der Waals surface area contributed by atoms with Crippen LogP contribution in [0.1, 0.15) is 77.8 Å². The zero-order chi connectivity index (χ0) is 29.9. The molecule has 0 radical (unpaired) electrons. The van der Waals surface area contributed by atoms with Gasteiger partial charge in [-0.1, -0.05) is 104 Å². The number of anilines is 3. The number of nitrogens with zero attached hydrogens (tertiary/aromatic N) is 3. The van der Waals surface area contributed by atoms with Gasteiger partial charge < -0.3 is 9.88 Å². The van der Waals surface area contributed by atoms with Crippen molar-refractivity contribution in [2.75, 3.05) is 4.90 Å². The monoisotopic (exact) mass is 554 g/mol. The summed E-state index contributed by atoms with van der Waals surface area (Å²) in [7, 11) is 0. The van der Waals surface area contributed by atoms with Gasteiger partial charge in [0.2, 0.25) is 0 Å². The van der Waals surface area contributed by atoms with Gasteiger partial charge in [-0.15, -0.1) is 0 Å². The van der Waals surface area contributed by atoms with Crippen molar-refractivity contribution in [3.05, 3.63) is 126 Å². The summed E-state index contributed by atoms with van der Waals surface area (Å²) in [6.07, 6.45) is 5.62. The van der Waals surface area contributed by atoms with E-state index in [1.165, 1.54) is 28.1 Å². The van der Waals surface area contributed by atoms with Gasteiger partial charge in [-0.2, -0.15) is 0 Å². The molecule has 0 amide bonds. The number of hydrogen-bond donors (Lipinski definition) is 1. The third kappa shape index (κ3) is 4.11. The summed E-state index contributed by atoms with van der Waals surface area (Å²) in [4.78, 5) is 15.3. The first kappa shape index (κ1) is 28.0. The number of benzene rings is 3. The van der Waals surface area contributed by atoms with Gasteiger partial charge in [-0.3, -0.25) is 4.98 Å². The summed E-state index contributed by atoms with van der Waals surface area (Å²) in [6.45, 7) is 18.8. The van der Waals surface area contributed by atoms with Crippen molar-refractivity contribution in [2.45, 2.75) is 66.2 Å². The van der Waals surface area contributed by atoms with Crippen LogP contribution in [0.3, 0.4) is 0 Å². The fourth-order valence-electron chi connectivity index (χ4n) is 7.94. The molecule has 2 aromatic heterocycles. The third-order valence-corrected chi connectivity index (χ3v) is 9.34. The summed E-state index contributed by atoms with van der Waals surface area (Å²) in [5.74, 6) is 0.873. The predicted molar refractivity (Wildman–Crippen MR) is 175 cm³/mol. The van der Waals surface area contributed by atoms with Crippen molar-refractivity contribution >= 4 is 17.1 Å². The summed E-state index contributed by atoms with van der Waals surface area (Å²) in [6, 6.07) is 31.1. The minimum Gasteiger partial charge on any atom is -0.345 e. The van der Waals surface area contributed by atoms with Crippen LogP contribution in [0.15, 0.2) is 104 Å². The van der Waals surface area contributed by atoms with E-state index in [1.807, 2.05) is 24.7 Å². The van der Waals surface area contributed by atoms with E-state index in [2.05, 4.69) is 149 Å². The fourth-order valence-corrected chi connectivity index (χ4v) is 7.94. The van der Waals surface area contributed by atoms with Crippen molar-refractivity contribution in [2.24, 2.45) is 10.8 Å². The molecule has 4 heteroatoms. The molecule has 1 aliphatic heterocycles. The molecule has 0 aliphatic carbocycles. The molecular formula is C38H42N4. The van der Waals surface area contributed by atoms with Gasteiger partial charge in [0.25, 0.3) is 0 Å². The molecular weight excluding hydrogens is 512 g/mol. The second-order valence-corrected chi connectivity index (χ2v) is 14.2. The molecule has 3 aromatic carbocycles. The van der Waals surface area contributed by atoms with Crippen LogP contribution in [0.4, 0.5) is 17.1 Å². The van der Waals surface area contributed by atoms with Crippen molar-refractivity contribution in [3.63, 3.8) is 0 Å². The number of aromatic nitrogens is 3. The number of nitrogens with one attached hydrogen (secondary N) is 1. The van der Waals surface area contributed by atoms with E-state index in [1.54, 1.807) is 0 Å². The lowest BCUT2D eigenvalue weighted by Crippen LogP contribution is -2.51. The molecule has 0 saturated carbocycles. The molecule has 5 aromatic rings. The first-order valence-corrected chi connectivity index (χ1v) is 14.9. The average molecular weight is 555 g/mol. The normalized spacial score (nSPS) is 14.8. The highest BCUT2D eigenvalue weighted by molar-refractivity contribution is 5.88. The standard InChI is InChI=1S/C38H42N4/c1-35(2,3)38(36(4,5)6,33-18-11-12-21-39-33)27-14-13-15-28(25-27)42-31-17-10-9-16-29(31)37(7,8)30-20-19-26(24-32(30)42)34-40-22-23-41-34/h9-25H,1-8H3,(H,40,41). The molecule has 0 unspecified atom stereocenters. The molecule has 0 bridgehead atoms. The minimum atomic E-state index is -0.356. The van der Waals surface area contributed by atoms with Crippen LogP contribution in [0, 0.1) is 10.8 Å². The van der Waals surface area contributed by atoms with E-state index in [0.29, 0.717) is 0 Å². The van der Waals surface area contributed by atoms with Crippen LogP contribution < -0.4 is 4.90 Å². The zero-order valence-corrected chi connectivity index (χ0v) is 26.2. The number of rotatable bonds is 4. The zero-order valence-electron chi connectivity index (χ0n) is 26.2. The van der Waals surface area contributed by atoms with E-state index in [-0.39, 0.29) is 21.7 Å². The van der Waals surface area contributed by atoms with E-state index in [4.69, 9.17) is 4.98 Å². The highest BCUT2D eigenvalue weighted by Crippen LogP contribution is 2.58. The number of H-pyrrole nitrogens is 1. The topological polar surface area (TPSA) is 44.8 Å². The molecule has 1 aliphatic rings. The van der Waals surface area contributed by atoms with Gasteiger partial charge in [-0.25, -0.2) is 4.98 Å². The molecule has 42 heavy (non-hydrogen) atoms. The smallest absolute Gasteiger partial charge is 0.137 e. The summed E-state index contributed by atoms with van der Waals surface area (Å²) in [5, 5.41) is 0. The van der Waals surface area contributed by atoms with Crippen molar-refractivity contribution in [1.29, 1.82) is 0 Å². The van der Waals surface area contributed by atoms with Gasteiger partial charge in [0.1, 0.15) is 5.82 Å². The van der Waals surface area contributed by atoms with E-state index in [9.17, 15) is 0 Å². The van der Waals surface area contributed by atoms with Gasteiger partial charge in [0.15, 0.2) is 0 Å². The van der Waals surface area contributed by atoms with Crippen molar-refractivity contribution < 1.29 is 0 Å². The summed E-state index contributed by atoms with van der Waals surface area (Å²) in [5.41, 5.74) is 8.83. The minimum absolute atomic E-state index is 0.121. The van der Waals surface area contributed by atoms with Crippen LogP contribution in [-0.2, 0) is 10.8 Å². The Morgan fingerprint density at radius 3 is 2.05 bits per heavy atom. The lowest BCUT2D eigenvalue weighted by Gasteiger charge is -2.54. The number of hydrogen-bond acceptors (Lipinski definition) is 3. The van der Waals surface area contributed by atoms with Gasteiger partial charge >= 0.3 is 0 Å². The maximum atomic E-state index is 5.01. The SMILES string of the molecule is CC1(C)c2ccccc2N(c2cccc(C(c3ccccn3)(C(C)(C)C)C(C)(C)C)c2)c2cc(-c3ncc[nH]3)ccc21. The molecule has 4 nitrogen and oxygen atoms in total. The molecule has 214 valence electrons. The summed E-state index contributed by atoms with van der Waals surface area (Å²) < 4.78 is 0. The van der Waals surface area contributed by atoms with E-state index in [0.717, 1.165) is 22.8 Å². The molecule has 0 fully saturated rings. The Kier molecular flexibility index (Phi) is 6.45. The highest BCUT2D eigenvalue weighted by Gasteiger charge is 2.54. The Morgan fingerprint density at radius 1 is 0.667 bits per heavy atom. The number of para-hydroxylation sites is 1. The lowest BCUT2D eigenvalue weighted by atomic mass is 9.49. The largest absolute Gasteiger partial charge is 0.345 e. The van der Waals surface area contributed by atoms with Gasteiger partial charge in [0.05, 0.1) is 17.1 Å². The molecule has 1 N–H and O–H groups in total. The third-order valence-electron chi connectivity index (χ3n) is 9.34. The van der Waals surface area contributed by atoms with Gasteiger partial charge in [0, 0.05) is 40.7 Å². The number of imidazole rings is 1. The molecule has 6 rings (SSSR count). The van der Waals surface area contributed by atoms with Crippen molar-refractivity contribution in [3.8, 4) is 11.4 Å². The second-order valence-electron chi connectivity index (χ2n) is 14.2. The first-order chi connectivity index (χ1) is 19.9. The van der Waals surface area contributed by atoms with Crippen molar-refractivity contribution in [1.82, 2.24) is 15.0 Å². The lowest BCUT2D eigenvalue weighted by molar-refractivity contribution is 0.0866. The first-order valence-electron chi connectivity index (χ1n) is 14.9. The Morgan fingerprint density at radius 2 is 1.38 bits per heavy atom.